The lowest BCUT2D eigenvalue weighted by Gasteiger charge is -2.11. The van der Waals surface area contributed by atoms with Crippen molar-refractivity contribution in [2.24, 2.45) is 0 Å². The Morgan fingerprint density at radius 3 is 2.50 bits per heavy atom. The van der Waals surface area contributed by atoms with Gasteiger partial charge >= 0.3 is 0 Å². The smallest absolute Gasteiger partial charge is 0.224 e. The van der Waals surface area contributed by atoms with Gasteiger partial charge in [-0.1, -0.05) is 19.1 Å². The highest BCUT2D eigenvalue weighted by molar-refractivity contribution is 5.98. The molecule has 0 aliphatic rings. The van der Waals surface area contributed by atoms with Crippen LogP contribution in [0.3, 0.4) is 0 Å². The van der Waals surface area contributed by atoms with Gasteiger partial charge in [-0.25, -0.2) is 0 Å². The quantitative estimate of drug-likeness (QED) is 0.670. The molecule has 2 aromatic carbocycles. The fourth-order valence-electron chi connectivity index (χ4n) is 2.99. The van der Waals surface area contributed by atoms with Crippen LogP contribution in [0.25, 0.3) is 10.9 Å². The average molecular weight is 373 g/mol. The first-order chi connectivity index (χ1) is 13.5. The summed E-state index contributed by atoms with van der Waals surface area (Å²) >= 11 is 0. The number of carbonyl (C=O) groups excluding carboxylic acids is 2. The van der Waals surface area contributed by atoms with Gasteiger partial charge in [0.1, 0.15) is 11.6 Å². The number of nitriles is 1. The second kappa shape index (κ2) is 8.31. The van der Waals surface area contributed by atoms with E-state index in [9.17, 15) is 19.6 Å². The van der Waals surface area contributed by atoms with E-state index in [4.69, 9.17) is 0 Å². The summed E-state index contributed by atoms with van der Waals surface area (Å²) in [5.41, 5.74) is 1.38. The van der Waals surface area contributed by atoms with Crippen LogP contribution < -0.4 is 10.7 Å². The fourth-order valence-corrected chi connectivity index (χ4v) is 2.99. The van der Waals surface area contributed by atoms with Gasteiger partial charge in [-0.3, -0.25) is 14.4 Å². The molecule has 140 valence electrons. The van der Waals surface area contributed by atoms with Gasteiger partial charge in [0.2, 0.25) is 11.3 Å². The summed E-state index contributed by atoms with van der Waals surface area (Å²) in [6.07, 6.45) is 2.63. The highest BCUT2D eigenvalue weighted by Gasteiger charge is 2.12. The summed E-state index contributed by atoms with van der Waals surface area (Å²) < 4.78 is 1.62. The molecule has 0 spiro atoms. The molecule has 0 bridgehead atoms. The number of nitrogens with one attached hydrogen (secondary N) is 1. The Bertz CT molecular complexity index is 1140. The molecule has 0 radical (unpaired) electrons. The van der Waals surface area contributed by atoms with E-state index in [1.807, 2.05) is 13.0 Å². The lowest BCUT2D eigenvalue weighted by Crippen LogP contribution is -2.17. The molecule has 0 aliphatic carbocycles. The van der Waals surface area contributed by atoms with Gasteiger partial charge in [-0.05, 0) is 42.8 Å². The largest absolute Gasteiger partial charge is 0.338 e. The SMILES string of the molecule is CCCC(=O)Nc1ccc(C(=O)Cn2cc(C#N)c(=O)c3ccccc32)cc1. The molecule has 1 amide bonds. The van der Waals surface area contributed by atoms with Crippen molar-refractivity contribution in [1.82, 2.24) is 4.57 Å². The first-order valence-electron chi connectivity index (χ1n) is 8.99. The summed E-state index contributed by atoms with van der Waals surface area (Å²) in [5.74, 6) is -0.227. The van der Waals surface area contributed by atoms with Gasteiger partial charge in [0.05, 0.1) is 12.1 Å². The number of rotatable bonds is 6. The number of benzene rings is 2. The minimum absolute atomic E-state index is 0.000449. The molecule has 3 aromatic rings. The number of ketones is 1. The van der Waals surface area contributed by atoms with Gasteiger partial charge in [0, 0.05) is 29.3 Å². The van der Waals surface area contributed by atoms with Crippen LogP contribution >= 0.6 is 0 Å². The summed E-state index contributed by atoms with van der Waals surface area (Å²) in [6.45, 7) is 1.93. The van der Waals surface area contributed by atoms with Gasteiger partial charge in [-0.2, -0.15) is 5.26 Å². The molecule has 6 heteroatoms. The minimum Gasteiger partial charge on any atom is -0.338 e. The molecule has 0 fully saturated rings. The summed E-state index contributed by atoms with van der Waals surface area (Å²) in [6, 6.07) is 15.5. The van der Waals surface area contributed by atoms with Crippen LogP contribution in [0.5, 0.6) is 0 Å². The van der Waals surface area contributed by atoms with Crippen LogP contribution in [-0.4, -0.2) is 16.3 Å². The third-order valence-corrected chi connectivity index (χ3v) is 4.39. The number of nitrogens with zero attached hydrogens (tertiary/aromatic N) is 2. The van der Waals surface area contributed by atoms with E-state index in [1.165, 1.54) is 6.20 Å². The second-order valence-corrected chi connectivity index (χ2v) is 6.43. The number of hydrogen-bond donors (Lipinski definition) is 1. The third-order valence-electron chi connectivity index (χ3n) is 4.39. The number of fused-ring (bicyclic) bond motifs is 1. The number of hydrogen-bond acceptors (Lipinski definition) is 4. The van der Waals surface area contributed by atoms with Gasteiger partial charge in [0.25, 0.3) is 0 Å². The highest BCUT2D eigenvalue weighted by Crippen LogP contribution is 2.15. The van der Waals surface area contributed by atoms with Crippen LogP contribution in [-0.2, 0) is 11.3 Å². The molecule has 1 N–H and O–H groups in total. The zero-order valence-electron chi connectivity index (χ0n) is 15.4. The van der Waals surface area contributed by atoms with Crippen molar-refractivity contribution in [1.29, 1.82) is 5.26 Å². The minimum atomic E-state index is -0.339. The molecule has 0 unspecified atom stereocenters. The zero-order valence-corrected chi connectivity index (χ0v) is 15.4. The number of pyridine rings is 1. The maximum Gasteiger partial charge on any atom is 0.224 e. The summed E-state index contributed by atoms with van der Waals surface area (Å²) in [5, 5.41) is 12.4. The van der Waals surface area contributed by atoms with Crippen LogP contribution in [0.1, 0.15) is 35.7 Å². The van der Waals surface area contributed by atoms with Crippen molar-refractivity contribution < 1.29 is 9.59 Å². The zero-order chi connectivity index (χ0) is 20.1. The van der Waals surface area contributed by atoms with Crippen molar-refractivity contribution in [3.63, 3.8) is 0 Å². The Morgan fingerprint density at radius 2 is 1.82 bits per heavy atom. The van der Waals surface area contributed by atoms with E-state index in [-0.39, 0.29) is 29.2 Å². The molecule has 1 aromatic heterocycles. The number of Topliss-reactive ketones (excluding diaryl/α,β-unsaturated/α-hetero) is 1. The number of anilines is 1. The Labute approximate surface area is 162 Å². The van der Waals surface area contributed by atoms with E-state index < -0.39 is 0 Å². The number of carbonyl (C=O) groups is 2. The van der Waals surface area contributed by atoms with Gasteiger partial charge < -0.3 is 9.88 Å². The Hall–Kier alpha value is -3.72. The normalized spacial score (nSPS) is 10.4. The van der Waals surface area contributed by atoms with E-state index in [0.29, 0.717) is 28.6 Å². The van der Waals surface area contributed by atoms with Crippen molar-refractivity contribution in [3.05, 3.63) is 76.1 Å². The standard InChI is InChI=1S/C22H19N3O3/c1-2-5-21(27)24-17-10-8-15(9-11-17)20(26)14-25-13-16(12-23)22(28)18-6-3-4-7-19(18)25/h3-4,6-11,13H,2,5,14H2,1H3,(H,24,27). The molecule has 6 nitrogen and oxygen atoms in total. The lowest BCUT2D eigenvalue weighted by atomic mass is 10.1. The maximum absolute atomic E-state index is 12.7. The lowest BCUT2D eigenvalue weighted by molar-refractivity contribution is -0.116. The highest BCUT2D eigenvalue weighted by atomic mass is 16.1. The first kappa shape index (κ1) is 19.1. The molecule has 1 heterocycles. The van der Waals surface area contributed by atoms with E-state index in [1.54, 1.807) is 53.1 Å². The molecule has 0 saturated carbocycles. The number of amides is 1. The van der Waals surface area contributed by atoms with Crippen molar-refractivity contribution in [3.8, 4) is 6.07 Å². The number of para-hydroxylation sites is 1. The van der Waals surface area contributed by atoms with Crippen LogP contribution in [0.15, 0.2) is 59.5 Å². The molecule has 0 aliphatic heterocycles. The molecule has 28 heavy (non-hydrogen) atoms. The monoisotopic (exact) mass is 373 g/mol. The topological polar surface area (TPSA) is 92.0 Å². The summed E-state index contributed by atoms with van der Waals surface area (Å²) in [7, 11) is 0. The van der Waals surface area contributed by atoms with Crippen molar-refractivity contribution >= 4 is 28.3 Å². The van der Waals surface area contributed by atoms with Crippen molar-refractivity contribution in [2.75, 3.05) is 5.32 Å². The number of aromatic nitrogens is 1. The Morgan fingerprint density at radius 1 is 1.11 bits per heavy atom. The molecule has 0 atom stereocenters. The molecule has 3 rings (SSSR count). The van der Waals surface area contributed by atoms with Gasteiger partial charge in [0.15, 0.2) is 5.78 Å². The maximum atomic E-state index is 12.7. The molecule has 0 saturated heterocycles. The van der Waals surface area contributed by atoms with E-state index in [2.05, 4.69) is 5.32 Å². The van der Waals surface area contributed by atoms with Crippen LogP contribution in [0.4, 0.5) is 5.69 Å². The molecular formula is C22H19N3O3. The average Bonchev–Trinajstić information content (AvgIpc) is 2.70. The van der Waals surface area contributed by atoms with E-state index >= 15 is 0 Å². The Kier molecular flexibility index (Phi) is 5.66. The predicted molar refractivity (Wildman–Crippen MR) is 107 cm³/mol. The van der Waals surface area contributed by atoms with Crippen molar-refractivity contribution in [2.45, 2.75) is 26.3 Å². The van der Waals surface area contributed by atoms with E-state index in [0.717, 1.165) is 6.42 Å². The fraction of sp³-hybridized carbons (Fsp3) is 0.182. The summed E-state index contributed by atoms with van der Waals surface area (Å²) in [4.78, 5) is 36.6. The third kappa shape index (κ3) is 3.99. The predicted octanol–water partition coefficient (Wildman–Crippen LogP) is 3.49. The second-order valence-electron chi connectivity index (χ2n) is 6.43. The molecular weight excluding hydrogens is 354 g/mol. The first-order valence-corrected chi connectivity index (χ1v) is 8.99. The van der Waals surface area contributed by atoms with Crippen LogP contribution in [0.2, 0.25) is 0 Å². The van der Waals surface area contributed by atoms with Gasteiger partial charge in [-0.15, -0.1) is 0 Å². The van der Waals surface area contributed by atoms with Crippen LogP contribution in [0, 0.1) is 11.3 Å². The Balaban J connectivity index is 1.86.